The standard InChI is InChI=1S/C36H35NO12/c38-22(5-1-20-2-6-26(39)28(41)15-20)19-48-35(34(45)46)17-30(43)33-31(18-35)49-36(32(44)8-4-21-3-7-27(40)29(42)16-21)12-9-25-23(10-13-37-25)24(36)11-14-47-33/h1-10,12-13,15-16,24,30-31,33,37,39-43H,11,14,17-19H2,(H,45,46). The van der Waals surface area contributed by atoms with E-state index in [0.717, 1.165) is 17.3 Å². The van der Waals surface area contributed by atoms with Crippen molar-refractivity contribution in [3.05, 3.63) is 89.3 Å². The number of hydrogen-bond donors (Lipinski definition) is 7. The van der Waals surface area contributed by atoms with Crippen molar-refractivity contribution in [3.8, 4) is 23.0 Å². The maximum absolute atomic E-state index is 14.3. The highest BCUT2D eigenvalue weighted by molar-refractivity contribution is 6.03. The Bertz CT molecular complexity index is 1860. The van der Waals surface area contributed by atoms with Gasteiger partial charge in [-0.25, -0.2) is 4.79 Å². The van der Waals surface area contributed by atoms with E-state index in [9.17, 15) is 45.0 Å². The lowest BCUT2D eigenvalue weighted by Crippen LogP contribution is -2.63. The minimum Gasteiger partial charge on any atom is -0.504 e. The molecule has 1 aromatic heterocycles. The van der Waals surface area contributed by atoms with Gasteiger partial charge in [-0.05, 0) is 77.7 Å². The van der Waals surface area contributed by atoms with Crippen molar-refractivity contribution in [3.63, 3.8) is 0 Å². The van der Waals surface area contributed by atoms with E-state index in [0.29, 0.717) is 17.5 Å². The molecule has 3 aliphatic rings. The number of carbonyl (C=O) groups excluding carboxylic acids is 2. The van der Waals surface area contributed by atoms with Gasteiger partial charge >= 0.3 is 5.97 Å². The molecule has 49 heavy (non-hydrogen) atoms. The molecule has 256 valence electrons. The van der Waals surface area contributed by atoms with Crippen LogP contribution in [0.2, 0.25) is 0 Å². The van der Waals surface area contributed by atoms with E-state index in [4.69, 9.17) is 14.2 Å². The molecule has 6 rings (SSSR count). The molecule has 6 unspecified atom stereocenters. The van der Waals surface area contributed by atoms with Crippen molar-refractivity contribution < 1.29 is 59.2 Å². The highest BCUT2D eigenvalue weighted by Crippen LogP contribution is 2.48. The SMILES string of the molecule is O=C(C=Cc1ccc(O)c(O)c1)COC1(C(=O)O)CC(O)C2OCCC3c4cc[nH]c4C=CC3(C(=O)C=Cc3ccc(O)c(O)c3)OC2C1. The average molecular weight is 674 g/mol. The number of fused-ring (bicyclic) bond motifs is 4. The van der Waals surface area contributed by atoms with E-state index in [1.165, 1.54) is 54.6 Å². The number of ether oxygens (including phenoxy) is 3. The molecule has 7 N–H and O–H groups in total. The number of carboxylic acids is 1. The van der Waals surface area contributed by atoms with E-state index in [-0.39, 0.29) is 36.0 Å². The Hall–Kier alpha value is -5.21. The summed E-state index contributed by atoms with van der Waals surface area (Å²) in [6.45, 7) is -0.550. The number of aromatic amines is 1. The van der Waals surface area contributed by atoms with Gasteiger partial charge in [-0.1, -0.05) is 24.3 Å². The first-order valence-electron chi connectivity index (χ1n) is 15.6. The monoisotopic (exact) mass is 673 g/mol. The molecule has 3 aromatic rings. The van der Waals surface area contributed by atoms with Crippen LogP contribution in [0.5, 0.6) is 23.0 Å². The zero-order chi connectivity index (χ0) is 34.9. The lowest BCUT2D eigenvalue weighted by Gasteiger charge is -2.50. The third kappa shape index (κ3) is 6.61. The molecule has 2 fully saturated rings. The number of aromatic hydroxyl groups is 4. The summed E-state index contributed by atoms with van der Waals surface area (Å²) in [5, 5.41) is 60.5. The van der Waals surface area contributed by atoms with Crippen molar-refractivity contribution in [2.24, 2.45) is 0 Å². The highest BCUT2D eigenvalue weighted by Gasteiger charge is 2.58. The lowest BCUT2D eigenvalue weighted by atomic mass is 9.72. The van der Waals surface area contributed by atoms with Crippen molar-refractivity contribution in [1.29, 1.82) is 0 Å². The van der Waals surface area contributed by atoms with Gasteiger partial charge in [-0.2, -0.15) is 0 Å². The Balaban J connectivity index is 1.29. The topological polar surface area (TPSA) is 216 Å². The molecule has 0 bridgehead atoms. The number of ketones is 2. The number of aliphatic hydroxyl groups excluding tert-OH is 1. The van der Waals surface area contributed by atoms with E-state index < -0.39 is 66.0 Å². The predicted octanol–water partition coefficient (Wildman–Crippen LogP) is 3.42. The third-order valence-corrected chi connectivity index (χ3v) is 9.24. The van der Waals surface area contributed by atoms with Crippen LogP contribution in [0, 0.1) is 0 Å². The van der Waals surface area contributed by atoms with Crippen LogP contribution < -0.4 is 0 Å². The van der Waals surface area contributed by atoms with Gasteiger partial charge in [0.15, 0.2) is 45.8 Å². The van der Waals surface area contributed by atoms with Gasteiger partial charge in [0.1, 0.15) is 12.7 Å². The largest absolute Gasteiger partial charge is 0.504 e. The Morgan fingerprint density at radius 1 is 0.918 bits per heavy atom. The van der Waals surface area contributed by atoms with Gasteiger partial charge in [0.25, 0.3) is 0 Å². The quantitative estimate of drug-likeness (QED) is 0.129. The maximum Gasteiger partial charge on any atom is 0.336 e. The van der Waals surface area contributed by atoms with Gasteiger partial charge in [0.05, 0.1) is 12.2 Å². The number of rotatable bonds is 9. The van der Waals surface area contributed by atoms with Crippen LogP contribution in [0.1, 0.15) is 47.6 Å². The second-order valence-corrected chi connectivity index (χ2v) is 12.4. The Labute approximate surface area is 280 Å². The summed E-state index contributed by atoms with van der Waals surface area (Å²) in [6.07, 6.45) is 6.27. The van der Waals surface area contributed by atoms with Crippen LogP contribution in [0.15, 0.2) is 66.9 Å². The summed E-state index contributed by atoms with van der Waals surface area (Å²) in [6, 6.07) is 9.88. The smallest absolute Gasteiger partial charge is 0.336 e. The van der Waals surface area contributed by atoms with Gasteiger partial charge in [-0.15, -0.1) is 0 Å². The molecule has 1 saturated heterocycles. The van der Waals surface area contributed by atoms with Crippen LogP contribution in [0.4, 0.5) is 0 Å². The third-order valence-electron chi connectivity index (χ3n) is 9.24. The number of aliphatic hydroxyl groups is 1. The van der Waals surface area contributed by atoms with Gasteiger partial charge < -0.3 is 49.8 Å². The summed E-state index contributed by atoms with van der Waals surface area (Å²) >= 11 is 0. The normalized spacial score (nSPS) is 27.9. The first-order valence-corrected chi connectivity index (χ1v) is 15.6. The fraction of sp³-hybridized carbons (Fsp3) is 0.306. The lowest BCUT2D eigenvalue weighted by molar-refractivity contribution is -0.237. The molecule has 0 spiro atoms. The molecule has 0 amide bonds. The Morgan fingerprint density at radius 3 is 2.24 bits per heavy atom. The fourth-order valence-corrected chi connectivity index (χ4v) is 6.72. The molecular formula is C36H35NO12. The minimum absolute atomic E-state index is 0.117. The maximum atomic E-state index is 14.3. The summed E-state index contributed by atoms with van der Waals surface area (Å²) in [5.41, 5.74) is -1.36. The van der Waals surface area contributed by atoms with Crippen molar-refractivity contribution in [2.45, 2.75) is 54.7 Å². The summed E-state index contributed by atoms with van der Waals surface area (Å²) < 4.78 is 18.5. The number of nitrogens with one attached hydrogen (secondary N) is 1. The van der Waals surface area contributed by atoms with E-state index in [1.807, 2.05) is 6.07 Å². The van der Waals surface area contributed by atoms with Crippen molar-refractivity contribution >= 4 is 35.8 Å². The number of carboxylic acid groups (broad SMARTS) is 1. The van der Waals surface area contributed by atoms with Gasteiger partial charge in [0, 0.05) is 37.3 Å². The zero-order valence-electron chi connectivity index (χ0n) is 26.1. The van der Waals surface area contributed by atoms with Crippen LogP contribution in [0.3, 0.4) is 0 Å². The number of aromatic nitrogens is 1. The fourth-order valence-electron chi connectivity index (χ4n) is 6.72. The number of H-pyrrole nitrogens is 1. The first-order chi connectivity index (χ1) is 23.4. The molecule has 0 radical (unpaired) electrons. The number of benzene rings is 2. The number of aliphatic carboxylic acids is 1. The molecule has 13 heteroatoms. The molecule has 2 heterocycles. The van der Waals surface area contributed by atoms with Crippen LogP contribution in [0.25, 0.3) is 18.2 Å². The molecule has 6 atom stereocenters. The molecule has 13 nitrogen and oxygen atoms in total. The summed E-state index contributed by atoms with van der Waals surface area (Å²) in [7, 11) is 0. The second-order valence-electron chi connectivity index (χ2n) is 12.4. The van der Waals surface area contributed by atoms with Crippen LogP contribution >= 0.6 is 0 Å². The van der Waals surface area contributed by atoms with E-state index in [2.05, 4.69) is 4.98 Å². The zero-order valence-corrected chi connectivity index (χ0v) is 26.1. The van der Waals surface area contributed by atoms with Crippen LogP contribution in [-0.4, -0.2) is 95.9 Å². The second kappa shape index (κ2) is 13.4. The molecular weight excluding hydrogens is 638 g/mol. The van der Waals surface area contributed by atoms with Gasteiger partial charge in [-0.3, -0.25) is 9.59 Å². The van der Waals surface area contributed by atoms with Crippen LogP contribution in [-0.2, 0) is 28.6 Å². The highest BCUT2D eigenvalue weighted by atomic mass is 16.6. The minimum atomic E-state index is -2.08. The Kier molecular flexibility index (Phi) is 9.18. The Morgan fingerprint density at radius 2 is 1.59 bits per heavy atom. The van der Waals surface area contributed by atoms with Crippen molar-refractivity contribution in [1.82, 2.24) is 4.98 Å². The summed E-state index contributed by atoms with van der Waals surface area (Å²) in [4.78, 5) is 42.9. The van der Waals surface area contributed by atoms with Gasteiger partial charge in [0.2, 0.25) is 0 Å². The molecule has 1 aliphatic heterocycles. The van der Waals surface area contributed by atoms with E-state index in [1.54, 1.807) is 18.3 Å². The number of phenolic OH excluding ortho intramolecular Hbond substituents is 4. The molecule has 2 aromatic carbocycles. The number of hydrogen-bond acceptors (Lipinski definition) is 11. The molecule has 2 aliphatic carbocycles. The number of carbonyl (C=O) groups is 3. The predicted molar refractivity (Wildman–Crippen MR) is 174 cm³/mol. The van der Waals surface area contributed by atoms with Crippen molar-refractivity contribution in [2.75, 3.05) is 13.2 Å². The summed E-state index contributed by atoms with van der Waals surface area (Å²) in [5.74, 6) is -4.49. The number of phenols is 4. The average Bonchev–Trinajstić information content (AvgIpc) is 3.54. The first kappa shape index (κ1) is 33.7. The molecule has 1 saturated carbocycles. The van der Waals surface area contributed by atoms with E-state index >= 15 is 0 Å².